The highest BCUT2D eigenvalue weighted by molar-refractivity contribution is 7.80. The fourth-order valence-corrected chi connectivity index (χ4v) is 1.99. The van der Waals surface area contributed by atoms with Gasteiger partial charge in [-0.1, -0.05) is 0 Å². The van der Waals surface area contributed by atoms with Crippen LogP contribution in [-0.2, 0) is 7.05 Å². The van der Waals surface area contributed by atoms with Crippen LogP contribution in [0.2, 0.25) is 0 Å². The molecule has 0 saturated carbocycles. The molecule has 0 unspecified atom stereocenters. The Morgan fingerprint density at radius 3 is 2.46 bits per heavy atom. The molecule has 1 heterocycles. The van der Waals surface area contributed by atoms with E-state index in [9.17, 15) is 26.7 Å². The van der Waals surface area contributed by atoms with Crippen molar-refractivity contribution in [2.75, 3.05) is 5.32 Å². The van der Waals surface area contributed by atoms with Gasteiger partial charge in [0.25, 0.3) is 12.3 Å². The zero-order valence-corrected chi connectivity index (χ0v) is 12.7. The summed E-state index contributed by atoms with van der Waals surface area (Å²) < 4.78 is 66.0. The van der Waals surface area contributed by atoms with Gasteiger partial charge in [-0.25, -0.2) is 22.0 Å². The number of halogens is 5. The molecule has 1 amide bonds. The van der Waals surface area contributed by atoms with Gasteiger partial charge >= 0.3 is 0 Å². The van der Waals surface area contributed by atoms with Crippen LogP contribution in [0.5, 0.6) is 0 Å². The highest BCUT2D eigenvalue weighted by atomic mass is 32.1. The molecule has 0 aliphatic rings. The molecule has 1 aromatic heterocycles. The lowest BCUT2D eigenvalue weighted by Crippen LogP contribution is -2.34. The van der Waals surface area contributed by atoms with Crippen molar-refractivity contribution in [3.63, 3.8) is 0 Å². The van der Waals surface area contributed by atoms with Crippen LogP contribution >= 0.6 is 12.2 Å². The van der Waals surface area contributed by atoms with E-state index in [1.807, 2.05) is 5.32 Å². The van der Waals surface area contributed by atoms with Crippen LogP contribution in [0.4, 0.5) is 27.6 Å². The maximum atomic E-state index is 13.5. The van der Waals surface area contributed by atoms with E-state index in [2.05, 4.69) is 10.4 Å². The van der Waals surface area contributed by atoms with Crippen LogP contribution < -0.4 is 10.6 Å². The normalized spacial score (nSPS) is 10.8. The number of amides is 1. The Kier molecular flexibility index (Phi) is 5.12. The molecular weight excluding hydrogens is 355 g/mol. The number of rotatable bonds is 3. The Bertz CT molecular complexity index is 808. The number of nitrogens with zero attached hydrogens (tertiary/aromatic N) is 2. The lowest BCUT2D eigenvalue weighted by molar-refractivity contribution is 0.0962. The fourth-order valence-electron chi connectivity index (χ4n) is 1.78. The molecular formula is C13H9F5N4OS. The topological polar surface area (TPSA) is 59.0 Å². The number of benzene rings is 1. The summed E-state index contributed by atoms with van der Waals surface area (Å²) in [7, 11) is 1.34. The molecule has 0 atom stereocenters. The molecule has 0 radical (unpaired) electrons. The van der Waals surface area contributed by atoms with Crippen LogP contribution in [0.1, 0.15) is 22.5 Å². The summed E-state index contributed by atoms with van der Waals surface area (Å²) in [6.07, 6.45) is -1.94. The first-order valence-electron chi connectivity index (χ1n) is 6.27. The molecule has 0 aliphatic carbocycles. The molecule has 11 heteroatoms. The molecule has 2 N–H and O–H groups in total. The summed E-state index contributed by atoms with van der Waals surface area (Å²) in [4.78, 5) is 11.9. The number of carbonyl (C=O) groups excluding carboxylic acids is 1. The number of alkyl halides is 2. The zero-order chi connectivity index (χ0) is 18.0. The summed E-state index contributed by atoms with van der Waals surface area (Å²) in [6.45, 7) is 0. The molecule has 0 bridgehead atoms. The largest absolute Gasteiger partial charge is 0.330 e. The van der Waals surface area contributed by atoms with Crippen molar-refractivity contribution in [2.24, 2.45) is 7.05 Å². The predicted octanol–water partition coefficient (Wildman–Crippen LogP) is 2.90. The smallest absolute Gasteiger partial charge is 0.282 e. The van der Waals surface area contributed by atoms with Crippen LogP contribution in [0.3, 0.4) is 0 Å². The second kappa shape index (κ2) is 6.91. The number of carbonyl (C=O) groups is 1. The Morgan fingerprint density at radius 2 is 1.83 bits per heavy atom. The summed E-state index contributed by atoms with van der Waals surface area (Å²) >= 11 is 4.72. The molecule has 0 spiro atoms. The minimum absolute atomic E-state index is 0.290. The number of thiocarbonyl (C=S) groups is 1. The van der Waals surface area contributed by atoms with Gasteiger partial charge in [-0.2, -0.15) is 5.10 Å². The van der Waals surface area contributed by atoms with Crippen LogP contribution in [0.25, 0.3) is 0 Å². The third kappa shape index (κ3) is 3.85. The first-order valence-corrected chi connectivity index (χ1v) is 6.68. The highest BCUT2D eigenvalue weighted by Crippen LogP contribution is 2.21. The average molecular weight is 364 g/mol. The van der Waals surface area contributed by atoms with E-state index in [0.717, 1.165) is 10.9 Å². The molecule has 24 heavy (non-hydrogen) atoms. The van der Waals surface area contributed by atoms with Crippen LogP contribution in [-0.4, -0.2) is 20.8 Å². The Morgan fingerprint density at radius 1 is 1.21 bits per heavy atom. The minimum Gasteiger partial charge on any atom is -0.330 e. The molecule has 128 valence electrons. The third-order valence-corrected chi connectivity index (χ3v) is 3.00. The SMILES string of the molecule is Cn1cc(C(=O)NC(=S)Nc2cc(F)c(F)cc2F)c(C(F)F)n1. The van der Waals surface area contributed by atoms with Gasteiger partial charge in [-0.15, -0.1) is 0 Å². The number of aryl methyl sites for hydroxylation is 1. The van der Waals surface area contributed by atoms with Gasteiger partial charge < -0.3 is 5.32 Å². The average Bonchev–Trinajstić information content (AvgIpc) is 2.87. The molecule has 0 fully saturated rings. The van der Waals surface area contributed by atoms with Crippen LogP contribution in [0.15, 0.2) is 18.3 Å². The van der Waals surface area contributed by atoms with E-state index in [-0.39, 0.29) is 6.07 Å². The predicted molar refractivity (Wildman–Crippen MR) is 78.2 cm³/mol. The summed E-state index contributed by atoms with van der Waals surface area (Å²) in [5.74, 6) is -4.90. The van der Waals surface area contributed by atoms with Crippen molar-refractivity contribution >= 4 is 28.9 Å². The van der Waals surface area contributed by atoms with Gasteiger partial charge in [-0.05, 0) is 12.2 Å². The number of hydrogen-bond acceptors (Lipinski definition) is 3. The number of aromatic nitrogens is 2. The Hall–Kier alpha value is -2.56. The van der Waals surface area contributed by atoms with Crippen molar-refractivity contribution in [2.45, 2.75) is 6.43 Å². The lowest BCUT2D eigenvalue weighted by Gasteiger charge is -2.10. The number of anilines is 1. The highest BCUT2D eigenvalue weighted by Gasteiger charge is 2.23. The van der Waals surface area contributed by atoms with Gasteiger partial charge in [-0.3, -0.25) is 14.8 Å². The lowest BCUT2D eigenvalue weighted by atomic mass is 10.2. The molecule has 0 aliphatic heterocycles. The van der Waals surface area contributed by atoms with Crippen LogP contribution in [0, 0.1) is 17.5 Å². The molecule has 2 aromatic rings. The zero-order valence-electron chi connectivity index (χ0n) is 11.9. The molecule has 0 saturated heterocycles. The second-order valence-corrected chi connectivity index (χ2v) is 4.97. The maximum absolute atomic E-state index is 13.5. The molecule has 1 aromatic carbocycles. The van der Waals surface area contributed by atoms with Crippen molar-refractivity contribution in [1.29, 1.82) is 0 Å². The van der Waals surface area contributed by atoms with Gasteiger partial charge in [0.2, 0.25) is 0 Å². The van der Waals surface area contributed by atoms with E-state index in [0.29, 0.717) is 6.07 Å². The molecule has 2 rings (SSSR count). The molecule has 5 nitrogen and oxygen atoms in total. The fraction of sp³-hybridized carbons (Fsp3) is 0.154. The van der Waals surface area contributed by atoms with E-state index < -0.39 is 51.8 Å². The Balaban J connectivity index is 2.13. The standard InChI is InChI=1S/C13H9F5N4OS/c1-22-4-5(10(21-22)11(17)18)12(23)20-13(24)19-9-3-7(15)6(14)2-8(9)16/h2-4,11H,1H3,(H2,19,20,23,24). The summed E-state index contributed by atoms with van der Waals surface area (Å²) in [5, 5.41) is 7.12. The van der Waals surface area contributed by atoms with Crippen molar-refractivity contribution < 1.29 is 26.7 Å². The first kappa shape index (κ1) is 17.8. The number of nitrogens with one attached hydrogen (secondary N) is 2. The van der Waals surface area contributed by atoms with Crippen molar-refractivity contribution in [1.82, 2.24) is 15.1 Å². The van der Waals surface area contributed by atoms with E-state index in [1.165, 1.54) is 7.05 Å². The minimum atomic E-state index is -2.99. The van der Waals surface area contributed by atoms with E-state index in [1.54, 1.807) is 0 Å². The van der Waals surface area contributed by atoms with Crippen molar-refractivity contribution in [3.8, 4) is 0 Å². The summed E-state index contributed by atoms with van der Waals surface area (Å²) in [5.41, 5.74) is -1.71. The van der Waals surface area contributed by atoms with E-state index >= 15 is 0 Å². The van der Waals surface area contributed by atoms with Gasteiger partial charge in [0.15, 0.2) is 16.7 Å². The Labute approximate surface area is 137 Å². The first-order chi connectivity index (χ1) is 11.2. The van der Waals surface area contributed by atoms with Gasteiger partial charge in [0, 0.05) is 25.4 Å². The van der Waals surface area contributed by atoms with Gasteiger partial charge in [0.05, 0.1) is 11.3 Å². The quantitative estimate of drug-likeness (QED) is 0.500. The number of hydrogen-bond donors (Lipinski definition) is 2. The third-order valence-electron chi connectivity index (χ3n) is 2.79. The monoisotopic (exact) mass is 364 g/mol. The summed E-state index contributed by atoms with van der Waals surface area (Å²) in [6, 6.07) is 0.788. The van der Waals surface area contributed by atoms with Gasteiger partial charge in [0.1, 0.15) is 11.5 Å². The second-order valence-electron chi connectivity index (χ2n) is 4.56. The maximum Gasteiger partial charge on any atom is 0.282 e. The van der Waals surface area contributed by atoms with E-state index in [4.69, 9.17) is 12.2 Å². The van der Waals surface area contributed by atoms with Crippen molar-refractivity contribution in [3.05, 3.63) is 47.0 Å².